The molecular weight excluding hydrogens is 371 g/mol. The highest BCUT2D eigenvalue weighted by Crippen LogP contribution is 2.32. The molecule has 0 atom stereocenters. The van der Waals surface area contributed by atoms with E-state index in [-0.39, 0.29) is 24.1 Å². The van der Waals surface area contributed by atoms with Gasteiger partial charge in [-0.05, 0) is 19.1 Å². The number of halogens is 4. The molecule has 0 spiro atoms. The van der Waals surface area contributed by atoms with Crippen molar-refractivity contribution in [2.75, 3.05) is 11.9 Å². The van der Waals surface area contributed by atoms with Crippen molar-refractivity contribution < 1.29 is 18.0 Å². The zero-order valence-corrected chi connectivity index (χ0v) is 14.5. The van der Waals surface area contributed by atoms with Crippen LogP contribution in [0.2, 0.25) is 5.15 Å². The zero-order chi connectivity index (χ0) is 19.3. The van der Waals surface area contributed by atoms with E-state index in [1.165, 1.54) is 4.90 Å². The third-order valence-corrected chi connectivity index (χ3v) is 3.50. The Morgan fingerprint density at radius 3 is 2.77 bits per heavy atom. The number of carbonyl (C=O) groups excluding carboxylic acids is 1. The van der Waals surface area contributed by atoms with Crippen LogP contribution < -0.4 is 5.32 Å². The number of hydrogen-bond acceptors (Lipinski definition) is 3. The number of urea groups is 1. The van der Waals surface area contributed by atoms with Crippen LogP contribution >= 0.6 is 11.6 Å². The summed E-state index contributed by atoms with van der Waals surface area (Å²) in [6, 6.07) is 0.678. The lowest BCUT2D eigenvalue weighted by molar-refractivity contribution is -0.137. The molecule has 0 aliphatic rings. The van der Waals surface area contributed by atoms with E-state index in [4.69, 9.17) is 18.0 Å². The van der Waals surface area contributed by atoms with Gasteiger partial charge >= 0.3 is 12.2 Å². The van der Waals surface area contributed by atoms with Crippen LogP contribution in [0.3, 0.4) is 0 Å². The highest BCUT2D eigenvalue weighted by molar-refractivity contribution is 6.29. The van der Waals surface area contributed by atoms with Gasteiger partial charge < -0.3 is 4.90 Å². The van der Waals surface area contributed by atoms with Crippen molar-refractivity contribution in [1.82, 2.24) is 19.7 Å². The Bertz CT molecular complexity index is 828. The normalized spacial score (nSPS) is 11.1. The van der Waals surface area contributed by atoms with E-state index in [0.29, 0.717) is 18.7 Å². The molecule has 2 amide bonds. The van der Waals surface area contributed by atoms with E-state index >= 15 is 0 Å². The van der Waals surface area contributed by atoms with Crippen molar-refractivity contribution >= 4 is 23.4 Å². The van der Waals surface area contributed by atoms with E-state index < -0.39 is 17.8 Å². The molecule has 2 rings (SSSR count). The van der Waals surface area contributed by atoms with Gasteiger partial charge in [-0.15, -0.1) is 6.42 Å². The van der Waals surface area contributed by atoms with Gasteiger partial charge in [0.15, 0.2) is 0 Å². The Kier molecular flexibility index (Phi) is 6.10. The summed E-state index contributed by atoms with van der Waals surface area (Å²) in [6.45, 7) is 2.66. The monoisotopic (exact) mass is 385 g/mol. The van der Waals surface area contributed by atoms with Crippen molar-refractivity contribution in [2.45, 2.75) is 26.2 Å². The fraction of sp³-hybridized carbons (Fsp3) is 0.312. The first-order valence-corrected chi connectivity index (χ1v) is 7.86. The molecule has 0 saturated heterocycles. The molecule has 2 heterocycles. The summed E-state index contributed by atoms with van der Waals surface area (Å²) < 4.78 is 40.2. The summed E-state index contributed by atoms with van der Waals surface area (Å²) in [5.41, 5.74) is -0.284. The molecule has 2 aromatic rings. The van der Waals surface area contributed by atoms with Gasteiger partial charge in [0.2, 0.25) is 0 Å². The fourth-order valence-electron chi connectivity index (χ4n) is 2.10. The van der Waals surface area contributed by atoms with Crippen LogP contribution in [-0.4, -0.2) is 32.2 Å². The summed E-state index contributed by atoms with van der Waals surface area (Å²) in [4.78, 5) is 17.3. The number of terminal acetylenes is 1. The number of nitrogens with one attached hydrogen (secondary N) is 1. The molecule has 26 heavy (non-hydrogen) atoms. The Morgan fingerprint density at radius 2 is 2.19 bits per heavy atom. The van der Waals surface area contributed by atoms with Crippen LogP contribution in [0.1, 0.15) is 18.1 Å². The summed E-state index contributed by atoms with van der Waals surface area (Å²) in [5, 5.41) is 6.00. The van der Waals surface area contributed by atoms with Crippen molar-refractivity contribution in [3.05, 3.63) is 40.8 Å². The third-order valence-electron chi connectivity index (χ3n) is 3.31. The maximum absolute atomic E-state index is 12.8. The number of anilines is 1. The lowest BCUT2D eigenvalue weighted by Crippen LogP contribution is -2.35. The first-order chi connectivity index (χ1) is 12.2. The first kappa shape index (κ1) is 19.6. The summed E-state index contributed by atoms with van der Waals surface area (Å²) in [5.74, 6) is 2.02. The molecule has 10 heteroatoms. The smallest absolute Gasteiger partial charge is 0.309 e. The van der Waals surface area contributed by atoms with Gasteiger partial charge in [-0.25, -0.2) is 9.78 Å². The number of amides is 2. The number of aryl methyl sites for hydroxylation is 1. The number of nitrogens with zero attached hydrogens (tertiary/aromatic N) is 4. The fourth-order valence-corrected chi connectivity index (χ4v) is 2.31. The highest BCUT2D eigenvalue weighted by atomic mass is 35.5. The Hall–Kier alpha value is -2.73. The molecule has 2 aromatic heterocycles. The average Bonchev–Trinajstić information content (AvgIpc) is 3.01. The molecule has 0 radical (unpaired) electrons. The van der Waals surface area contributed by atoms with Crippen LogP contribution in [0, 0.1) is 12.3 Å². The quantitative estimate of drug-likeness (QED) is 0.631. The molecule has 0 unspecified atom stereocenters. The number of pyridine rings is 1. The van der Waals surface area contributed by atoms with Crippen LogP contribution in [0.25, 0.3) is 0 Å². The number of alkyl halides is 3. The third kappa shape index (κ3) is 5.13. The van der Waals surface area contributed by atoms with Crippen molar-refractivity contribution in [1.29, 1.82) is 0 Å². The van der Waals surface area contributed by atoms with Gasteiger partial charge in [-0.2, -0.15) is 18.3 Å². The summed E-state index contributed by atoms with van der Waals surface area (Å²) >= 11 is 5.61. The number of rotatable bonds is 5. The standard InChI is InChI=1S/C16H15ClF3N5O/c1-3-5-24(9-11-8-21-25(4-2)10-11)15(26)23-14-7-12(16(18,19)20)6-13(17)22-14/h1,6-8,10H,4-5,9H2,2H3,(H,22,23,26). The lowest BCUT2D eigenvalue weighted by Gasteiger charge is -2.20. The van der Waals surface area contributed by atoms with E-state index in [1.807, 2.05) is 6.92 Å². The molecule has 6 nitrogen and oxygen atoms in total. The summed E-state index contributed by atoms with van der Waals surface area (Å²) in [6.07, 6.45) is 3.99. The van der Waals surface area contributed by atoms with Crippen molar-refractivity contribution in [2.24, 2.45) is 0 Å². The Labute approximate surface area is 153 Å². The van der Waals surface area contributed by atoms with Gasteiger partial charge in [0.25, 0.3) is 0 Å². The second-order valence-corrected chi connectivity index (χ2v) is 5.64. The molecule has 0 saturated carbocycles. The van der Waals surface area contributed by atoms with Gasteiger partial charge in [0, 0.05) is 18.3 Å². The predicted octanol–water partition coefficient (Wildman–Crippen LogP) is 3.64. The minimum atomic E-state index is -4.61. The minimum Gasteiger partial charge on any atom is -0.309 e. The first-order valence-electron chi connectivity index (χ1n) is 7.48. The molecule has 0 bridgehead atoms. The van der Waals surface area contributed by atoms with Gasteiger partial charge in [0.1, 0.15) is 11.0 Å². The zero-order valence-electron chi connectivity index (χ0n) is 13.7. The van der Waals surface area contributed by atoms with E-state index in [2.05, 4.69) is 21.3 Å². The van der Waals surface area contributed by atoms with Crippen molar-refractivity contribution in [3.8, 4) is 12.3 Å². The van der Waals surface area contributed by atoms with E-state index in [9.17, 15) is 18.0 Å². The number of carbonyl (C=O) groups is 1. The maximum Gasteiger partial charge on any atom is 0.416 e. The number of aromatic nitrogens is 3. The van der Waals surface area contributed by atoms with Gasteiger partial charge in [-0.3, -0.25) is 10.00 Å². The predicted molar refractivity (Wildman–Crippen MR) is 90.4 cm³/mol. The number of hydrogen-bond donors (Lipinski definition) is 1. The highest BCUT2D eigenvalue weighted by Gasteiger charge is 2.31. The van der Waals surface area contributed by atoms with E-state index in [0.717, 1.165) is 5.56 Å². The molecule has 0 fully saturated rings. The lowest BCUT2D eigenvalue weighted by atomic mass is 10.2. The molecule has 1 N–H and O–H groups in total. The maximum atomic E-state index is 12.8. The molecule has 0 aromatic carbocycles. The molecule has 0 aliphatic carbocycles. The second kappa shape index (κ2) is 8.10. The summed E-state index contributed by atoms with van der Waals surface area (Å²) in [7, 11) is 0. The Balaban J connectivity index is 2.17. The Morgan fingerprint density at radius 1 is 1.46 bits per heavy atom. The van der Waals surface area contributed by atoms with Crippen LogP contribution in [0.4, 0.5) is 23.8 Å². The molecule has 0 aliphatic heterocycles. The largest absolute Gasteiger partial charge is 0.416 e. The average molecular weight is 386 g/mol. The van der Waals surface area contributed by atoms with Crippen LogP contribution in [0.5, 0.6) is 0 Å². The van der Waals surface area contributed by atoms with Gasteiger partial charge in [-0.1, -0.05) is 17.5 Å². The van der Waals surface area contributed by atoms with Crippen LogP contribution in [-0.2, 0) is 19.3 Å². The SMILES string of the molecule is C#CCN(Cc1cnn(CC)c1)C(=O)Nc1cc(C(F)(F)F)cc(Cl)n1. The van der Waals surface area contributed by atoms with Crippen molar-refractivity contribution in [3.63, 3.8) is 0 Å². The van der Waals surface area contributed by atoms with Crippen LogP contribution in [0.15, 0.2) is 24.5 Å². The topological polar surface area (TPSA) is 63.1 Å². The molecule has 138 valence electrons. The van der Waals surface area contributed by atoms with Gasteiger partial charge in [0.05, 0.1) is 24.8 Å². The van der Waals surface area contributed by atoms with E-state index in [1.54, 1.807) is 17.1 Å². The second-order valence-electron chi connectivity index (χ2n) is 5.26. The minimum absolute atomic E-state index is 0.0458. The molecular formula is C16H15ClF3N5O.